The van der Waals surface area contributed by atoms with Gasteiger partial charge in [0.2, 0.25) is 0 Å². The summed E-state index contributed by atoms with van der Waals surface area (Å²) in [5.41, 5.74) is 1.74. The standard InChI is InChI=1S/C18H20N2O3/c1-2-9-16-18(20(21)22)17(14-10-5-3-6-11-14)19(23-16)15-12-7-4-8-13-15/h3-8,10-13,16-18H,2,9H2,1H3/t16-,17-,18-/m1/s1. The molecule has 2 aromatic carbocycles. The van der Waals surface area contributed by atoms with Crippen LogP contribution in [-0.4, -0.2) is 17.1 Å². The molecule has 5 heteroatoms. The summed E-state index contributed by atoms with van der Waals surface area (Å²) in [5.74, 6) is 0. The molecule has 0 radical (unpaired) electrons. The number of para-hydroxylation sites is 1. The molecule has 5 nitrogen and oxygen atoms in total. The van der Waals surface area contributed by atoms with Crippen molar-refractivity contribution in [3.8, 4) is 0 Å². The van der Waals surface area contributed by atoms with Crippen LogP contribution in [0.25, 0.3) is 0 Å². The Morgan fingerprint density at radius 2 is 1.70 bits per heavy atom. The largest absolute Gasteiger partial charge is 0.267 e. The zero-order valence-electron chi connectivity index (χ0n) is 13.0. The minimum atomic E-state index is -0.780. The maximum Gasteiger partial charge on any atom is 0.267 e. The Hall–Kier alpha value is -2.40. The van der Waals surface area contributed by atoms with E-state index < -0.39 is 18.2 Å². The maximum absolute atomic E-state index is 11.7. The lowest BCUT2D eigenvalue weighted by atomic mass is 9.94. The minimum Gasteiger partial charge on any atom is -0.264 e. The molecule has 0 spiro atoms. The molecule has 0 amide bonds. The Bertz CT molecular complexity index is 648. The van der Waals surface area contributed by atoms with E-state index in [4.69, 9.17) is 4.84 Å². The van der Waals surface area contributed by atoms with Crippen LogP contribution in [0.15, 0.2) is 60.7 Å². The van der Waals surface area contributed by atoms with Crippen LogP contribution < -0.4 is 5.06 Å². The van der Waals surface area contributed by atoms with E-state index >= 15 is 0 Å². The van der Waals surface area contributed by atoms with Gasteiger partial charge in [0, 0.05) is 4.92 Å². The summed E-state index contributed by atoms with van der Waals surface area (Å²) in [4.78, 5) is 17.6. The van der Waals surface area contributed by atoms with E-state index in [0.717, 1.165) is 17.7 Å². The smallest absolute Gasteiger partial charge is 0.264 e. The second-order valence-corrected chi connectivity index (χ2v) is 5.73. The van der Waals surface area contributed by atoms with Gasteiger partial charge in [0.25, 0.3) is 6.04 Å². The monoisotopic (exact) mass is 312 g/mol. The number of hydrogen-bond donors (Lipinski definition) is 0. The molecule has 120 valence electrons. The third-order valence-electron chi connectivity index (χ3n) is 4.17. The highest BCUT2D eigenvalue weighted by atomic mass is 16.7. The van der Waals surface area contributed by atoms with Crippen LogP contribution in [0.5, 0.6) is 0 Å². The number of hydroxylamine groups is 1. The normalized spacial score (nSPS) is 23.9. The van der Waals surface area contributed by atoms with Gasteiger partial charge in [0.1, 0.15) is 0 Å². The van der Waals surface area contributed by atoms with Crippen LogP contribution in [-0.2, 0) is 4.84 Å². The van der Waals surface area contributed by atoms with Gasteiger partial charge >= 0.3 is 0 Å². The SMILES string of the molecule is CCC[C@H]1ON(c2ccccc2)[C@H](c2ccccc2)[C@@H]1[N+](=O)[O-]. The second-order valence-electron chi connectivity index (χ2n) is 5.73. The van der Waals surface area contributed by atoms with E-state index in [2.05, 4.69) is 0 Å². The molecule has 0 aromatic heterocycles. The third-order valence-corrected chi connectivity index (χ3v) is 4.17. The van der Waals surface area contributed by atoms with Crippen molar-refractivity contribution in [1.82, 2.24) is 0 Å². The van der Waals surface area contributed by atoms with Crippen molar-refractivity contribution < 1.29 is 9.76 Å². The first-order valence-electron chi connectivity index (χ1n) is 7.92. The molecule has 1 fully saturated rings. The molecule has 2 aromatic rings. The van der Waals surface area contributed by atoms with E-state index in [-0.39, 0.29) is 4.92 Å². The zero-order valence-corrected chi connectivity index (χ0v) is 13.0. The first kappa shape index (κ1) is 15.5. The Labute approximate surface area is 135 Å². The average molecular weight is 312 g/mol. The molecule has 1 aliphatic heterocycles. The molecule has 0 bridgehead atoms. The number of hydrogen-bond acceptors (Lipinski definition) is 4. The van der Waals surface area contributed by atoms with Crippen LogP contribution in [0, 0.1) is 10.1 Å². The number of nitrogens with zero attached hydrogens (tertiary/aromatic N) is 2. The lowest BCUT2D eigenvalue weighted by Crippen LogP contribution is -2.35. The molecular weight excluding hydrogens is 292 g/mol. The van der Waals surface area contributed by atoms with Crippen molar-refractivity contribution in [2.75, 3.05) is 5.06 Å². The fraction of sp³-hybridized carbons (Fsp3) is 0.333. The zero-order chi connectivity index (χ0) is 16.2. The Kier molecular flexibility index (Phi) is 4.57. The van der Waals surface area contributed by atoms with Gasteiger partial charge in [-0.2, -0.15) is 0 Å². The van der Waals surface area contributed by atoms with Gasteiger partial charge in [-0.1, -0.05) is 61.9 Å². The van der Waals surface area contributed by atoms with Crippen LogP contribution in [0.1, 0.15) is 31.4 Å². The highest BCUT2D eigenvalue weighted by Gasteiger charge is 2.51. The van der Waals surface area contributed by atoms with E-state index in [1.165, 1.54) is 0 Å². The first-order chi connectivity index (χ1) is 11.2. The summed E-state index contributed by atoms with van der Waals surface area (Å²) in [7, 11) is 0. The summed E-state index contributed by atoms with van der Waals surface area (Å²) in [6, 6.07) is 18.0. The molecule has 0 aliphatic carbocycles. The van der Waals surface area contributed by atoms with E-state index in [0.29, 0.717) is 6.42 Å². The lowest BCUT2D eigenvalue weighted by molar-refractivity contribution is -0.530. The maximum atomic E-state index is 11.7. The quantitative estimate of drug-likeness (QED) is 0.618. The molecule has 1 saturated heterocycles. The summed E-state index contributed by atoms with van der Waals surface area (Å²) >= 11 is 0. The summed E-state index contributed by atoms with van der Waals surface area (Å²) in [6.07, 6.45) is 1.10. The number of benzene rings is 2. The molecule has 0 saturated carbocycles. The summed E-state index contributed by atoms with van der Waals surface area (Å²) in [6.45, 7) is 2.02. The van der Waals surface area contributed by atoms with Crippen LogP contribution >= 0.6 is 0 Å². The molecule has 23 heavy (non-hydrogen) atoms. The summed E-state index contributed by atoms with van der Waals surface area (Å²) < 4.78 is 0. The highest BCUT2D eigenvalue weighted by Crippen LogP contribution is 2.40. The van der Waals surface area contributed by atoms with Gasteiger partial charge in [0.15, 0.2) is 12.1 Å². The van der Waals surface area contributed by atoms with Crippen LogP contribution in [0.4, 0.5) is 5.69 Å². The Morgan fingerprint density at radius 1 is 1.09 bits per heavy atom. The van der Waals surface area contributed by atoms with Gasteiger partial charge in [-0.15, -0.1) is 0 Å². The van der Waals surface area contributed by atoms with Crippen molar-refractivity contribution in [3.05, 3.63) is 76.3 Å². The molecule has 3 rings (SSSR count). The van der Waals surface area contributed by atoms with Gasteiger partial charge in [0.05, 0.1) is 5.69 Å². The number of rotatable bonds is 5. The number of anilines is 1. The Morgan fingerprint density at radius 3 is 2.26 bits per heavy atom. The predicted octanol–water partition coefficient (Wildman–Crippen LogP) is 3.99. The van der Waals surface area contributed by atoms with Crippen molar-refractivity contribution in [3.63, 3.8) is 0 Å². The van der Waals surface area contributed by atoms with E-state index in [1.807, 2.05) is 67.6 Å². The lowest BCUT2D eigenvalue weighted by Gasteiger charge is -2.24. The van der Waals surface area contributed by atoms with Gasteiger partial charge in [-0.25, -0.2) is 5.06 Å². The van der Waals surface area contributed by atoms with Crippen molar-refractivity contribution in [1.29, 1.82) is 0 Å². The van der Waals surface area contributed by atoms with Gasteiger partial charge < -0.3 is 0 Å². The molecule has 0 unspecified atom stereocenters. The van der Waals surface area contributed by atoms with Crippen molar-refractivity contribution >= 4 is 5.69 Å². The molecule has 3 atom stereocenters. The molecule has 0 N–H and O–H groups in total. The average Bonchev–Trinajstić information content (AvgIpc) is 2.96. The minimum absolute atomic E-state index is 0.194. The Balaban J connectivity index is 2.04. The van der Waals surface area contributed by atoms with Gasteiger partial charge in [-0.05, 0) is 24.1 Å². The summed E-state index contributed by atoms with van der Waals surface area (Å²) in [5, 5.41) is 13.5. The van der Waals surface area contributed by atoms with Crippen molar-refractivity contribution in [2.45, 2.75) is 38.0 Å². The second kappa shape index (κ2) is 6.79. The third kappa shape index (κ3) is 3.05. The topological polar surface area (TPSA) is 55.6 Å². The fourth-order valence-corrected chi connectivity index (χ4v) is 3.15. The van der Waals surface area contributed by atoms with Gasteiger partial charge in [-0.3, -0.25) is 15.0 Å². The predicted molar refractivity (Wildman–Crippen MR) is 88.7 cm³/mol. The molecule has 1 heterocycles. The highest BCUT2D eigenvalue weighted by molar-refractivity contribution is 5.48. The van der Waals surface area contributed by atoms with E-state index in [1.54, 1.807) is 5.06 Å². The molecule has 1 aliphatic rings. The number of nitro groups is 1. The molecular formula is C18H20N2O3. The van der Waals surface area contributed by atoms with Crippen LogP contribution in [0.3, 0.4) is 0 Å². The fourth-order valence-electron chi connectivity index (χ4n) is 3.15. The van der Waals surface area contributed by atoms with E-state index in [9.17, 15) is 10.1 Å². The van der Waals surface area contributed by atoms with Crippen molar-refractivity contribution in [2.24, 2.45) is 0 Å². The van der Waals surface area contributed by atoms with Crippen LogP contribution in [0.2, 0.25) is 0 Å². The first-order valence-corrected chi connectivity index (χ1v) is 7.92.